The summed E-state index contributed by atoms with van der Waals surface area (Å²) in [4.78, 5) is 10.4. The van der Waals surface area contributed by atoms with E-state index in [-0.39, 0.29) is 0 Å². The predicted octanol–water partition coefficient (Wildman–Crippen LogP) is -0.189. The van der Waals surface area contributed by atoms with Crippen molar-refractivity contribution in [1.29, 1.82) is 0 Å². The number of ether oxygens (including phenoxy) is 3. The van der Waals surface area contributed by atoms with Crippen LogP contribution in [-0.4, -0.2) is 68.8 Å². The fourth-order valence-corrected chi connectivity index (χ4v) is 1.66. The van der Waals surface area contributed by atoms with Crippen molar-refractivity contribution in [2.24, 2.45) is 5.73 Å². The summed E-state index contributed by atoms with van der Waals surface area (Å²) in [5, 5.41) is 8.53. The molecule has 1 atom stereocenters. The molecule has 7 heteroatoms. The average molecular weight is 267 g/mol. The Hall–Kier alpha value is -0.340. The van der Waals surface area contributed by atoms with Crippen molar-refractivity contribution in [2.75, 3.05) is 51.6 Å². The van der Waals surface area contributed by atoms with E-state index >= 15 is 0 Å². The normalized spacial score (nSPS) is 12.6. The van der Waals surface area contributed by atoms with Gasteiger partial charge in [0.25, 0.3) is 0 Å². The van der Waals surface area contributed by atoms with E-state index in [1.54, 1.807) is 7.11 Å². The first kappa shape index (κ1) is 16.7. The topological polar surface area (TPSA) is 91.0 Å². The average Bonchev–Trinajstić information content (AvgIpc) is 2.31. The number of carbonyl (C=O) groups is 1. The number of hydrogen-bond donors (Lipinski definition) is 2. The summed E-state index contributed by atoms with van der Waals surface area (Å²) in [6.07, 6.45) is 0. The van der Waals surface area contributed by atoms with Gasteiger partial charge in [-0.05, 0) is 0 Å². The van der Waals surface area contributed by atoms with Crippen LogP contribution in [-0.2, 0) is 19.0 Å². The lowest BCUT2D eigenvalue weighted by Crippen LogP contribution is -2.32. The molecule has 0 aliphatic carbocycles. The highest BCUT2D eigenvalue weighted by atomic mass is 32.2. The van der Waals surface area contributed by atoms with Gasteiger partial charge in [-0.3, -0.25) is 4.79 Å². The number of hydrogen-bond acceptors (Lipinski definition) is 6. The summed E-state index contributed by atoms with van der Waals surface area (Å²) in [7, 11) is 1.62. The zero-order valence-corrected chi connectivity index (χ0v) is 10.9. The third-order valence-corrected chi connectivity index (χ3v) is 2.84. The molecule has 0 aliphatic rings. The lowest BCUT2D eigenvalue weighted by Gasteiger charge is -2.07. The highest BCUT2D eigenvalue weighted by Crippen LogP contribution is 2.01. The summed E-state index contributed by atoms with van der Waals surface area (Å²) in [5.41, 5.74) is 5.33. The number of carboxylic acids is 1. The summed E-state index contributed by atoms with van der Waals surface area (Å²) in [5.74, 6) is 0.173. The van der Waals surface area contributed by atoms with Crippen molar-refractivity contribution in [1.82, 2.24) is 0 Å². The lowest BCUT2D eigenvalue weighted by atomic mass is 10.4. The molecule has 102 valence electrons. The molecule has 3 N–H and O–H groups in total. The minimum absolute atomic E-state index is 0.406. The number of rotatable bonds is 12. The van der Waals surface area contributed by atoms with E-state index in [1.165, 1.54) is 11.8 Å². The van der Waals surface area contributed by atoms with Gasteiger partial charge < -0.3 is 25.1 Å². The second-order valence-corrected chi connectivity index (χ2v) is 4.39. The zero-order chi connectivity index (χ0) is 12.9. The predicted molar refractivity (Wildman–Crippen MR) is 66.5 cm³/mol. The molecule has 0 saturated heterocycles. The van der Waals surface area contributed by atoms with Crippen LogP contribution in [0.4, 0.5) is 0 Å². The number of carboxylic acid groups (broad SMARTS) is 1. The Labute approximate surface area is 106 Å². The van der Waals surface area contributed by atoms with Crippen molar-refractivity contribution in [3.8, 4) is 0 Å². The summed E-state index contributed by atoms with van der Waals surface area (Å²) in [6.45, 7) is 2.81. The molecule has 0 amide bonds. The van der Waals surface area contributed by atoms with E-state index in [4.69, 9.17) is 25.1 Å². The maximum atomic E-state index is 10.4. The fraction of sp³-hybridized carbons (Fsp3) is 0.900. The van der Waals surface area contributed by atoms with Gasteiger partial charge in [0.15, 0.2) is 0 Å². The molecular formula is C10H21NO5S. The van der Waals surface area contributed by atoms with Crippen molar-refractivity contribution >= 4 is 17.7 Å². The monoisotopic (exact) mass is 267 g/mol. The molecular weight excluding hydrogens is 246 g/mol. The van der Waals surface area contributed by atoms with Crippen LogP contribution in [0.3, 0.4) is 0 Å². The number of methoxy groups -OCH3 is 1. The molecule has 0 fully saturated rings. The standard InChI is InChI=1S/C10H21NO5S/c1-14-2-3-15-4-5-16-6-7-17-8-9(11)10(12)13/h9H,2-8,11H2,1H3,(H,12,13)/t9-/m0/s1. The molecule has 0 rings (SSSR count). The Morgan fingerprint density at radius 1 is 1.24 bits per heavy atom. The van der Waals surface area contributed by atoms with Gasteiger partial charge in [0.2, 0.25) is 0 Å². The molecule has 0 saturated carbocycles. The van der Waals surface area contributed by atoms with E-state index in [2.05, 4.69) is 0 Å². The van der Waals surface area contributed by atoms with Crippen LogP contribution in [0.25, 0.3) is 0 Å². The lowest BCUT2D eigenvalue weighted by molar-refractivity contribution is -0.137. The summed E-state index contributed by atoms with van der Waals surface area (Å²) < 4.78 is 15.3. The van der Waals surface area contributed by atoms with Crippen LogP contribution in [0.15, 0.2) is 0 Å². The Morgan fingerprint density at radius 2 is 1.82 bits per heavy atom. The molecule has 0 aliphatic heterocycles. The highest BCUT2D eigenvalue weighted by Gasteiger charge is 2.10. The van der Waals surface area contributed by atoms with Gasteiger partial charge in [-0.25, -0.2) is 0 Å². The number of aliphatic carboxylic acids is 1. The third kappa shape index (κ3) is 11.9. The Balaban J connectivity index is 3.06. The molecule has 17 heavy (non-hydrogen) atoms. The van der Waals surface area contributed by atoms with Gasteiger partial charge in [0.1, 0.15) is 6.04 Å². The first-order chi connectivity index (χ1) is 8.18. The van der Waals surface area contributed by atoms with Gasteiger partial charge in [-0.15, -0.1) is 0 Å². The molecule has 0 bridgehead atoms. The van der Waals surface area contributed by atoms with Gasteiger partial charge in [0.05, 0.1) is 33.0 Å². The van der Waals surface area contributed by atoms with Crippen LogP contribution < -0.4 is 5.73 Å². The third-order valence-electron chi connectivity index (χ3n) is 1.79. The van der Waals surface area contributed by atoms with Gasteiger partial charge in [-0.1, -0.05) is 0 Å². The second kappa shape index (κ2) is 12.1. The zero-order valence-electron chi connectivity index (χ0n) is 10.1. The van der Waals surface area contributed by atoms with Crippen LogP contribution in [0.5, 0.6) is 0 Å². The molecule has 0 spiro atoms. The van der Waals surface area contributed by atoms with Crippen LogP contribution >= 0.6 is 11.8 Å². The summed E-state index contributed by atoms with van der Waals surface area (Å²) in [6, 6.07) is -0.794. The first-order valence-electron chi connectivity index (χ1n) is 5.39. The molecule has 0 unspecified atom stereocenters. The quantitative estimate of drug-likeness (QED) is 0.474. The van der Waals surface area contributed by atoms with Crippen molar-refractivity contribution in [2.45, 2.75) is 6.04 Å². The maximum Gasteiger partial charge on any atom is 0.321 e. The van der Waals surface area contributed by atoms with Crippen molar-refractivity contribution in [3.05, 3.63) is 0 Å². The molecule has 0 aromatic rings. The van der Waals surface area contributed by atoms with Gasteiger partial charge >= 0.3 is 5.97 Å². The Morgan fingerprint density at radius 3 is 2.41 bits per heavy atom. The van der Waals surface area contributed by atoms with Crippen LogP contribution in [0, 0.1) is 0 Å². The minimum Gasteiger partial charge on any atom is -0.480 e. The van der Waals surface area contributed by atoms with Crippen LogP contribution in [0.1, 0.15) is 0 Å². The molecule has 0 aromatic heterocycles. The van der Waals surface area contributed by atoms with Crippen LogP contribution in [0.2, 0.25) is 0 Å². The van der Waals surface area contributed by atoms with E-state index in [9.17, 15) is 4.79 Å². The SMILES string of the molecule is COCCOCCOCCSC[C@H](N)C(=O)O. The smallest absolute Gasteiger partial charge is 0.321 e. The molecule has 0 radical (unpaired) electrons. The largest absolute Gasteiger partial charge is 0.480 e. The Kier molecular flexibility index (Phi) is 11.9. The molecule has 0 aromatic carbocycles. The first-order valence-corrected chi connectivity index (χ1v) is 6.54. The fourth-order valence-electron chi connectivity index (χ4n) is 0.864. The maximum absolute atomic E-state index is 10.4. The number of thioether (sulfide) groups is 1. The number of nitrogens with two attached hydrogens (primary N) is 1. The van der Waals surface area contributed by atoms with E-state index in [0.29, 0.717) is 38.8 Å². The van der Waals surface area contributed by atoms with Crippen molar-refractivity contribution < 1.29 is 24.1 Å². The highest BCUT2D eigenvalue weighted by molar-refractivity contribution is 7.99. The second-order valence-electron chi connectivity index (χ2n) is 3.24. The van der Waals surface area contributed by atoms with Gasteiger partial charge in [0, 0.05) is 18.6 Å². The van der Waals surface area contributed by atoms with E-state index in [0.717, 1.165) is 5.75 Å². The van der Waals surface area contributed by atoms with Gasteiger partial charge in [-0.2, -0.15) is 11.8 Å². The molecule has 6 nitrogen and oxygen atoms in total. The Bertz CT molecular complexity index is 194. The van der Waals surface area contributed by atoms with E-state index < -0.39 is 12.0 Å². The van der Waals surface area contributed by atoms with E-state index in [1.807, 2.05) is 0 Å². The summed E-state index contributed by atoms with van der Waals surface area (Å²) >= 11 is 1.47. The molecule has 0 heterocycles. The van der Waals surface area contributed by atoms with Crippen molar-refractivity contribution in [3.63, 3.8) is 0 Å². The minimum atomic E-state index is -0.968.